The van der Waals surface area contributed by atoms with Gasteiger partial charge in [-0.1, -0.05) is 11.6 Å². The van der Waals surface area contributed by atoms with Gasteiger partial charge < -0.3 is 9.67 Å². The van der Waals surface area contributed by atoms with Gasteiger partial charge in [-0.15, -0.1) is 0 Å². The fourth-order valence-electron chi connectivity index (χ4n) is 1.50. The van der Waals surface area contributed by atoms with Crippen molar-refractivity contribution >= 4 is 17.6 Å². The molecule has 0 radical (unpaired) electrons. The third kappa shape index (κ3) is 1.95. The first-order valence-electron chi connectivity index (χ1n) is 4.67. The summed E-state index contributed by atoms with van der Waals surface area (Å²) in [5.74, 6) is -5.88. The van der Waals surface area contributed by atoms with E-state index in [1.165, 1.54) is 0 Å². The SMILES string of the molecule is O=C(O)c1cc(Cl)cn1-c1ccc(F)c(F)c1F. The summed E-state index contributed by atoms with van der Waals surface area (Å²) in [6.45, 7) is 0. The Hall–Kier alpha value is -1.95. The minimum atomic E-state index is -1.67. The van der Waals surface area contributed by atoms with Crippen LogP contribution in [0.5, 0.6) is 0 Å². The monoisotopic (exact) mass is 275 g/mol. The molecular weight excluding hydrogens is 271 g/mol. The standard InChI is InChI=1S/C11H5ClF3NO2/c12-5-3-8(11(17)18)16(4-5)7-2-1-6(13)9(14)10(7)15/h1-4H,(H,17,18). The highest BCUT2D eigenvalue weighted by Crippen LogP contribution is 2.24. The van der Waals surface area contributed by atoms with Gasteiger partial charge >= 0.3 is 5.97 Å². The molecule has 0 atom stereocenters. The van der Waals surface area contributed by atoms with Crippen LogP contribution in [0.25, 0.3) is 5.69 Å². The van der Waals surface area contributed by atoms with E-state index in [1.54, 1.807) is 0 Å². The molecule has 18 heavy (non-hydrogen) atoms. The number of benzene rings is 1. The molecule has 2 rings (SSSR count). The Bertz CT molecular complexity index is 639. The molecule has 2 aromatic rings. The van der Waals surface area contributed by atoms with Crippen molar-refractivity contribution in [2.45, 2.75) is 0 Å². The molecule has 0 amide bonds. The molecule has 0 aliphatic rings. The van der Waals surface area contributed by atoms with Crippen LogP contribution in [0.15, 0.2) is 24.4 Å². The van der Waals surface area contributed by atoms with E-state index in [-0.39, 0.29) is 10.7 Å². The molecule has 1 aromatic carbocycles. The van der Waals surface area contributed by atoms with E-state index in [1.807, 2.05) is 0 Å². The van der Waals surface area contributed by atoms with E-state index in [0.717, 1.165) is 22.9 Å². The van der Waals surface area contributed by atoms with Crippen molar-refractivity contribution in [1.29, 1.82) is 0 Å². The number of carboxylic acids is 1. The summed E-state index contributed by atoms with van der Waals surface area (Å²) in [4.78, 5) is 10.9. The maximum atomic E-state index is 13.5. The number of halogens is 4. The van der Waals surface area contributed by atoms with Crippen LogP contribution in [0.1, 0.15) is 10.5 Å². The number of rotatable bonds is 2. The molecular formula is C11H5ClF3NO2. The topological polar surface area (TPSA) is 42.2 Å². The Labute approximate surface area is 104 Å². The number of carbonyl (C=O) groups is 1. The quantitative estimate of drug-likeness (QED) is 0.855. The van der Waals surface area contributed by atoms with Crippen LogP contribution in [0.4, 0.5) is 13.2 Å². The highest BCUT2D eigenvalue weighted by atomic mass is 35.5. The lowest BCUT2D eigenvalue weighted by Gasteiger charge is -2.08. The Kier molecular flexibility index (Phi) is 3.04. The van der Waals surface area contributed by atoms with Crippen molar-refractivity contribution in [3.63, 3.8) is 0 Å². The largest absolute Gasteiger partial charge is 0.477 e. The smallest absolute Gasteiger partial charge is 0.352 e. The van der Waals surface area contributed by atoms with Crippen molar-refractivity contribution in [2.75, 3.05) is 0 Å². The van der Waals surface area contributed by atoms with Gasteiger partial charge in [0.25, 0.3) is 0 Å². The molecule has 0 aliphatic heterocycles. The number of hydrogen-bond acceptors (Lipinski definition) is 1. The molecule has 1 heterocycles. The predicted molar refractivity (Wildman–Crippen MR) is 57.6 cm³/mol. The van der Waals surface area contributed by atoms with E-state index >= 15 is 0 Å². The summed E-state index contributed by atoms with van der Waals surface area (Å²) in [5.41, 5.74) is -0.789. The zero-order chi connectivity index (χ0) is 13.4. The second kappa shape index (κ2) is 4.38. The van der Waals surface area contributed by atoms with Gasteiger partial charge in [0, 0.05) is 6.20 Å². The first-order valence-corrected chi connectivity index (χ1v) is 5.04. The molecule has 7 heteroatoms. The van der Waals surface area contributed by atoms with Crippen LogP contribution in [0.2, 0.25) is 5.02 Å². The number of carboxylic acid groups (broad SMARTS) is 1. The second-order valence-electron chi connectivity index (χ2n) is 3.41. The molecule has 0 saturated carbocycles. The number of nitrogens with zero attached hydrogens (tertiary/aromatic N) is 1. The lowest BCUT2D eigenvalue weighted by atomic mass is 10.2. The lowest BCUT2D eigenvalue weighted by Crippen LogP contribution is -2.08. The van der Waals surface area contributed by atoms with Crippen LogP contribution >= 0.6 is 11.6 Å². The maximum absolute atomic E-state index is 13.5. The highest BCUT2D eigenvalue weighted by Gasteiger charge is 2.19. The van der Waals surface area contributed by atoms with Gasteiger partial charge in [0.2, 0.25) is 0 Å². The average molecular weight is 276 g/mol. The van der Waals surface area contributed by atoms with Crippen LogP contribution in [0.3, 0.4) is 0 Å². The average Bonchev–Trinajstić information content (AvgIpc) is 2.68. The van der Waals surface area contributed by atoms with Gasteiger partial charge in [0.05, 0.1) is 10.7 Å². The molecule has 94 valence electrons. The molecule has 0 aliphatic carbocycles. The van der Waals surface area contributed by atoms with Crippen LogP contribution in [0, 0.1) is 17.5 Å². The molecule has 0 unspecified atom stereocenters. The molecule has 1 N–H and O–H groups in total. The van der Waals surface area contributed by atoms with Crippen LogP contribution < -0.4 is 0 Å². The minimum Gasteiger partial charge on any atom is -0.477 e. The first-order chi connectivity index (χ1) is 8.41. The summed E-state index contributed by atoms with van der Waals surface area (Å²) in [7, 11) is 0. The first kappa shape index (κ1) is 12.5. The highest BCUT2D eigenvalue weighted by molar-refractivity contribution is 6.31. The molecule has 0 saturated heterocycles. The Balaban J connectivity index is 2.70. The zero-order valence-electron chi connectivity index (χ0n) is 8.62. The van der Waals surface area contributed by atoms with Crippen molar-refractivity contribution in [3.05, 3.63) is 52.6 Å². The minimum absolute atomic E-state index is 0.0385. The fourth-order valence-corrected chi connectivity index (χ4v) is 1.70. The second-order valence-corrected chi connectivity index (χ2v) is 3.85. The Morgan fingerprint density at radius 1 is 1.22 bits per heavy atom. The number of hydrogen-bond donors (Lipinski definition) is 1. The van der Waals surface area contributed by atoms with Crippen molar-refractivity contribution in [2.24, 2.45) is 0 Å². The normalized spacial score (nSPS) is 10.7. The van der Waals surface area contributed by atoms with Gasteiger partial charge in [-0.3, -0.25) is 0 Å². The van der Waals surface area contributed by atoms with E-state index in [4.69, 9.17) is 16.7 Å². The van der Waals surface area contributed by atoms with Crippen LogP contribution in [-0.2, 0) is 0 Å². The van der Waals surface area contributed by atoms with E-state index in [2.05, 4.69) is 0 Å². The predicted octanol–water partition coefficient (Wildman–Crippen LogP) is 3.25. The summed E-state index contributed by atoms with van der Waals surface area (Å²) in [5, 5.41) is 8.92. The summed E-state index contributed by atoms with van der Waals surface area (Å²) in [6, 6.07) is 2.70. The Morgan fingerprint density at radius 3 is 2.50 bits per heavy atom. The zero-order valence-corrected chi connectivity index (χ0v) is 9.38. The van der Waals surface area contributed by atoms with E-state index in [9.17, 15) is 18.0 Å². The lowest BCUT2D eigenvalue weighted by molar-refractivity contribution is 0.0688. The van der Waals surface area contributed by atoms with Crippen LogP contribution in [-0.4, -0.2) is 15.6 Å². The summed E-state index contributed by atoms with van der Waals surface area (Å²) < 4.78 is 40.2. The number of aromatic carboxylic acids is 1. The molecule has 0 fully saturated rings. The maximum Gasteiger partial charge on any atom is 0.352 e. The van der Waals surface area contributed by atoms with Gasteiger partial charge in [-0.05, 0) is 18.2 Å². The third-order valence-corrected chi connectivity index (χ3v) is 2.49. The summed E-state index contributed by atoms with van der Waals surface area (Å²) >= 11 is 5.61. The Morgan fingerprint density at radius 2 is 1.89 bits per heavy atom. The third-order valence-electron chi connectivity index (χ3n) is 2.28. The van der Waals surface area contributed by atoms with Crippen molar-refractivity contribution in [3.8, 4) is 5.69 Å². The van der Waals surface area contributed by atoms with E-state index < -0.39 is 29.1 Å². The van der Waals surface area contributed by atoms with Gasteiger partial charge in [0.15, 0.2) is 17.5 Å². The van der Waals surface area contributed by atoms with Gasteiger partial charge in [-0.2, -0.15) is 0 Å². The number of aromatic nitrogens is 1. The van der Waals surface area contributed by atoms with Gasteiger partial charge in [-0.25, -0.2) is 18.0 Å². The van der Waals surface area contributed by atoms with Gasteiger partial charge in [0.1, 0.15) is 5.69 Å². The molecule has 1 aromatic heterocycles. The van der Waals surface area contributed by atoms with E-state index in [0.29, 0.717) is 6.07 Å². The molecule has 0 bridgehead atoms. The summed E-state index contributed by atoms with van der Waals surface area (Å²) in [6.07, 6.45) is 1.10. The molecule has 3 nitrogen and oxygen atoms in total. The van der Waals surface area contributed by atoms with Crippen molar-refractivity contribution in [1.82, 2.24) is 4.57 Å². The fraction of sp³-hybridized carbons (Fsp3) is 0. The molecule has 0 spiro atoms. The van der Waals surface area contributed by atoms with Crippen molar-refractivity contribution < 1.29 is 23.1 Å².